The Morgan fingerprint density at radius 2 is 2.60 bits per heavy atom. The maximum Gasteiger partial charge on any atom is 0.277 e. The average Bonchev–Trinajstić information content (AvgIpc) is 2.34. The van der Waals surface area contributed by atoms with Gasteiger partial charge in [0, 0.05) is 0 Å². The van der Waals surface area contributed by atoms with Crippen molar-refractivity contribution in [3.63, 3.8) is 0 Å². The van der Waals surface area contributed by atoms with Gasteiger partial charge < -0.3 is 0 Å². The van der Waals surface area contributed by atoms with Gasteiger partial charge >= 0.3 is 0 Å². The molecule has 1 amide bonds. The van der Waals surface area contributed by atoms with Crippen molar-refractivity contribution in [2.24, 2.45) is 5.84 Å². The second-order valence-electron chi connectivity index (χ2n) is 1.74. The third kappa shape index (κ3) is 1.14. The van der Waals surface area contributed by atoms with Crippen LogP contribution in [0.5, 0.6) is 0 Å². The summed E-state index contributed by atoms with van der Waals surface area (Å²) >= 11 is 1.28. The predicted molar refractivity (Wildman–Crippen MR) is 38.5 cm³/mol. The fourth-order valence-corrected chi connectivity index (χ4v) is 1.29. The van der Waals surface area contributed by atoms with Gasteiger partial charge in [0.2, 0.25) is 0 Å². The summed E-state index contributed by atoms with van der Waals surface area (Å²) in [5.74, 6) is 4.63. The minimum Gasteiger partial charge on any atom is -0.289 e. The standard InChI is InChI=1S/C5H7N3OS/c1-3-4(5(9)8-6)10-2-7-3/h2H,6H2,1H3,(H,8,9). The third-order valence-corrected chi connectivity index (χ3v) is 2.01. The van der Waals surface area contributed by atoms with Crippen molar-refractivity contribution in [3.8, 4) is 0 Å². The van der Waals surface area contributed by atoms with Gasteiger partial charge in [-0.25, -0.2) is 10.8 Å². The van der Waals surface area contributed by atoms with E-state index in [9.17, 15) is 4.79 Å². The van der Waals surface area contributed by atoms with E-state index in [1.807, 2.05) is 5.43 Å². The molecule has 0 unspecified atom stereocenters. The molecular formula is C5H7N3OS. The summed E-state index contributed by atoms with van der Waals surface area (Å²) in [6, 6.07) is 0. The van der Waals surface area contributed by atoms with E-state index in [0.717, 1.165) is 0 Å². The van der Waals surface area contributed by atoms with E-state index >= 15 is 0 Å². The molecule has 0 bridgehead atoms. The van der Waals surface area contributed by atoms with Gasteiger partial charge in [0.25, 0.3) is 5.91 Å². The molecule has 1 rings (SSSR count). The lowest BCUT2D eigenvalue weighted by molar-refractivity contribution is 0.0957. The Hall–Kier alpha value is -0.940. The van der Waals surface area contributed by atoms with E-state index in [-0.39, 0.29) is 5.91 Å². The second-order valence-corrected chi connectivity index (χ2v) is 2.60. The summed E-state index contributed by atoms with van der Waals surface area (Å²) in [5, 5.41) is 0. The molecule has 0 saturated heterocycles. The number of hydrazine groups is 1. The van der Waals surface area contributed by atoms with Gasteiger partial charge in [-0.2, -0.15) is 0 Å². The lowest BCUT2D eigenvalue weighted by Gasteiger charge is -1.93. The van der Waals surface area contributed by atoms with Crippen LogP contribution in [-0.4, -0.2) is 10.9 Å². The van der Waals surface area contributed by atoms with Crippen LogP contribution < -0.4 is 11.3 Å². The first-order chi connectivity index (χ1) is 4.75. The molecule has 1 aromatic heterocycles. The topological polar surface area (TPSA) is 68.0 Å². The first kappa shape index (κ1) is 7.17. The number of hydrogen-bond donors (Lipinski definition) is 2. The predicted octanol–water partition coefficient (Wildman–Crippen LogP) is 0.0550. The Bertz CT molecular complexity index is 245. The molecule has 0 fully saturated rings. The molecule has 0 atom stereocenters. The Labute approximate surface area is 62.0 Å². The fraction of sp³-hybridized carbons (Fsp3) is 0.200. The van der Waals surface area contributed by atoms with Crippen molar-refractivity contribution in [1.82, 2.24) is 10.4 Å². The first-order valence-electron chi connectivity index (χ1n) is 2.66. The van der Waals surface area contributed by atoms with Crippen LogP contribution in [0.3, 0.4) is 0 Å². The van der Waals surface area contributed by atoms with Crippen LogP contribution in [0.25, 0.3) is 0 Å². The lowest BCUT2D eigenvalue weighted by atomic mass is 10.4. The molecule has 0 aliphatic carbocycles. The molecule has 0 aliphatic rings. The Morgan fingerprint density at radius 1 is 1.90 bits per heavy atom. The second kappa shape index (κ2) is 2.76. The SMILES string of the molecule is Cc1ncsc1C(=O)NN. The van der Waals surface area contributed by atoms with Crippen LogP contribution in [0.4, 0.5) is 0 Å². The van der Waals surface area contributed by atoms with E-state index in [2.05, 4.69) is 4.98 Å². The van der Waals surface area contributed by atoms with E-state index in [1.165, 1.54) is 11.3 Å². The zero-order valence-corrected chi connectivity index (χ0v) is 6.23. The molecule has 5 heteroatoms. The summed E-state index contributed by atoms with van der Waals surface area (Å²) in [4.78, 5) is 15.3. The zero-order chi connectivity index (χ0) is 7.56. The zero-order valence-electron chi connectivity index (χ0n) is 5.42. The number of aromatic nitrogens is 1. The van der Waals surface area contributed by atoms with Crippen molar-refractivity contribution < 1.29 is 4.79 Å². The highest BCUT2D eigenvalue weighted by Crippen LogP contribution is 2.10. The normalized spacial score (nSPS) is 9.40. The number of thiazole rings is 1. The minimum atomic E-state index is -0.278. The number of rotatable bonds is 1. The van der Waals surface area contributed by atoms with Gasteiger partial charge in [-0.3, -0.25) is 10.2 Å². The highest BCUT2D eigenvalue weighted by Gasteiger charge is 2.08. The smallest absolute Gasteiger partial charge is 0.277 e. The molecule has 0 spiro atoms. The van der Waals surface area contributed by atoms with Gasteiger partial charge in [0.15, 0.2) is 0 Å². The van der Waals surface area contributed by atoms with Crippen molar-refractivity contribution in [3.05, 3.63) is 16.1 Å². The fourth-order valence-electron chi connectivity index (χ4n) is 0.585. The first-order valence-corrected chi connectivity index (χ1v) is 3.54. The molecule has 0 saturated carbocycles. The average molecular weight is 157 g/mol. The van der Waals surface area contributed by atoms with E-state index < -0.39 is 0 Å². The van der Waals surface area contributed by atoms with Crippen molar-refractivity contribution in [1.29, 1.82) is 0 Å². The molecule has 10 heavy (non-hydrogen) atoms. The van der Waals surface area contributed by atoms with E-state index in [1.54, 1.807) is 12.4 Å². The summed E-state index contributed by atoms with van der Waals surface area (Å²) in [6.07, 6.45) is 0. The number of amides is 1. The van der Waals surface area contributed by atoms with Crippen LogP contribution in [0.2, 0.25) is 0 Å². The molecule has 4 nitrogen and oxygen atoms in total. The van der Waals surface area contributed by atoms with Crippen LogP contribution in [0, 0.1) is 6.92 Å². The summed E-state index contributed by atoms with van der Waals surface area (Å²) in [7, 11) is 0. The molecule has 0 radical (unpaired) electrons. The highest BCUT2D eigenvalue weighted by molar-refractivity contribution is 7.11. The Morgan fingerprint density at radius 3 is 3.00 bits per heavy atom. The number of nitrogens with zero attached hydrogens (tertiary/aromatic N) is 1. The van der Waals surface area contributed by atoms with Crippen LogP contribution in [-0.2, 0) is 0 Å². The van der Waals surface area contributed by atoms with Gasteiger partial charge in [-0.15, -0.1) is 11.3 Å². The Balaban J connectivity index is 2.93. The van der Waals surface area contributed by atoms with Crippen LogP contribution in [0.15, 0.2) is 5.51 Å². The largest absolute Gasteiger partial charge is 0.289 e. The van der Waals surface area contributed by atoms with Gasteiger partial charge in [-0.1, -0.05) is 0 Å². The van der Waals surface area contributed by atoms with Gasteiger partial charge in [0.05, 0.1) is 11.2 Å². The number of nitrogens with one attached hydrogen (secondary N) is 1. The van der Waals surface area contributed by atoms with Crippen LogP contribution >= 0.6 is 11.3 Å². The van der Waals surface area contributed by atoms with Crippen molar-refractivity contribution in [2.75, 3.05) is 0 Å². The number of hydrogen-bond acceptors (Lipinski definition) is 4. The Kier molecular flexibility index (Phi) is 1.98. The number of carbonyl (C=O) groups excluding carboxylic acids is 1. The molecule has 0 aromatic carbocycles. The minimum absolute atomic E-state index is 0.278. The number of nitrogen functional groups attached to an aromatic ring is 1. The summed E-state index contributed by atoms with van der Waals surface area (Å²) < 4.78 is 0. The van der Waals surface area contributed by atoms with Crippen molar-refractivity contribution >= 4 is 17.2 Å². The quantitative estimate of drug-likeness (QED) is 0.344. The van der Waals surface area contributed by atoms with Crippen molar-refractivity contribution in [2.45, 2.75) is 6.92 Å². The third-order valence-electron chi connectivity index (χ3n) is 1.08. The van der Waals surface area contributed by atoms with Crippen LogP contribution in [0.1, 0.15) is 15.4 Å². The maximum absolute atomic E-state index is 10.8. The van der Waals surface area contributed by atoms with E-state index in [0.29, 0.717) is 10.6 Å². The highest BCUT2D eigenvalue weighted by atomic mass is 32.1. The number of aryl methyl sites for hydroxylation is 1. The summed E-state index contributed by atoms with van der Waals surface area (Å²) in [6.45, 7) is 1.76. The summed E-state index contributed by atoms with van der Waals surface area (Å²) in [5.41, 5.74) is 4.37. The monoisotopic (exact) mass is 157 g/mol. The number of carbonyl (C=O) groups is 1. The molecular weight excluding hydrogens is 150 g/mol. The van der Waals surface area contributed by atoms with Gasteiger partial charge in [0.1, 0.15) is 4.88 Å². The molecule has 54 valence electrons. The maximum atomic E-state index is 10.8. The molecule has 3 N–H and O–H groups in total. The number of nitrogens with two attached hydrogens (primary N) is 1. The van der Waals surface area contributed by atoms with Gasteiger partial charge in [-0.05, 0) is 6.92 Å². The molecule has 1 aromatic rings. The lowest BCUT2D eigenvalue weighted by Crippen LogP contribution is -2.29. The molecule has 0 aliphatic heterocycles. The van der Waals surface area contributed by atoms with E-state index in [4.69, 9.17) is 5.84 Å². The molecule has 1 heterocycles.